The second kappa shape index (κ2) is 8.17. The largest absolute Gasteiger partial charge is 0.497 e. The summed E-state index contributed by atoms with van der Waals surface area (Å²) in [5.74, 6) is -0.318. The zero-order valence-corrected chi connectivity index (χ0v) is 16.3. The summed E-state index contributed by atoms with van der Waals surface area (Å²) in [6.07, 6.45) is 0. The Morgan fingerprint density at radius 2 is 2.07 bits per heavy atom. The lowest BCUT2D eigenvalue weighted by Crippen LogP contribution is -2.37. The van der Waals surface area contributed by atoms with Crippen LogP contribution in [0.4, 0.5) is 5.69 Å². The summed E-state index contributed by atoms with van der Waals surface area (Å²) in [7, 11) is 1.58. The number of amides is 1. The number of aromatic nitrogens is 1. The van der Waals surface area contributed by atoms with Gasteiger partial charge < -0.3 is 14.1 Å². The van der Waals surface area contributed by atoms with Gasteiger partial charge in [-0.3, -0.25) is 19.5 Å². The number of nitro groups is 1. The highest BCUT2D eigenvalue weighted by molar-refractivity contribution is 5.81. The van der Waals surface area contributed by atoms with Gasteiger partial charge >= 0.3 is 5.76 Å². The van der Waals surface area contributed by atoms with Gasteiger partial charge in [0.15, 0.2) is 5.58 Å². The summed E-state index contributed by atoms with van der Waals surface area (Å²) in [5, 5.41) is 10.9. The van der Waals surface area contributed by atoms with E-state index in [2.05, 4.69) is 0 Å². The van der Waals surface area contributed by atoms with Gasteiger partial charge in [0.25, 0.3) is 5.69 Å². The molecule has 2 aromatic carbocycles. The minimum Gasteiger partial charge on any atom is -0.497 e. The molecule has 0 bridgehead atoms. The van der Waals surface area contributed by atoms with E-state index in [9.17, 15) is 19.7 Å². The van der Waals surface area contributed by atoms with Crippen LogP contribution < -0.4 is 10.5 Å². The van der Waals surface area contributed by atoms with Gasteiger partial charge in [-0.2, -0.15) is 0 Å². The van der Waals surface area contributed by atoms with Gasteiger partial charge in [0, 0.05) is 12.6 Å². The highest BCUT2D eigenvalue weighted by Gasteiger charge is 2.23. The Labute approximate surface area is 166 Å². The van der Waals surface area contributed by atoms with Crippen molar-refractivity contribution in [3.63, 3.8) is 0 Å². The summed E-state index contributed by atoms with van der Waals surface area (Å²) in [6.45, 7) is 3.96. The van der Waals surface area contributed by atoms with Crippen molar-refractivity contribution in [3.8, 4) is 5.75 Å². The van der Waals surface area contributed by atoms with Crippen LogP contribution in [0.1, 0.15) is 25.5 Å². The number of carbonyl (C=O) groups is 1. The van der Waals surface area contributed by atoms with Gasteiger partial charge in [-0.05, 0) is 37.6 Å². The number of non-ortho nitro benzene ring substituents is 1. The number of benzene rings is 2. The Morgan fingerprint density at radius 3 is 2.72 bits per heavy atom. The molecule has 152 valence electrons. The highest BCUT2D eigenvalue weighted by atomic mass is 16.6. The van der Waals surface area contributed by atoms with E-state index >= 15 is 0 Å². The van der Waals surface area contributed by atoms with Crippen molar-refractivity contribution in [1.29, 1.82) is 0 Å². The molecule has 1 heterocycles. The number of carbonyl (C=O) groups excluding carboxylic acids is 1. The second-order valence-electron chi connectivity index (χ2n) is 6.50. The van der Waals surface area contributed by atoms with E-state index in [1.54, 1.807) is 12.0 Å². The average Bonchev–Trinajstić information content (AvgIpc) is 3.02. The van der Waals surface area contributed by atoms with Crippen LogP contribution in [0, 0.1) is 10.1 Å². The van der Waals surface area contributed by atoms with Crippen molar-refractivity contribution in [3.05, 3.63) is 68.7 Å². The number of nitro benzene ring substituents is 1. The van der Waals surface area contributed by atoms with Crippen molar-refractivity contribution < 1.29 is 18.9 Å². The molecule has 0 N–H and O–H groups in total. The number of rotatable bonds is 7. The van der Waals surface area contributed by atoms with Crippen LogP contribution in [0.2, 0.25) is 0 Å². The van der Waals surface area contributed by atoms with E-state index in [4.69, 9.17) is 9.15 Å². The molecular formula is C20H21N3O6. The molecule has 3 rings (SSSR count). The normalized spacial score (nSPS) is 12.0. The molecule has 1 unspecified atom stereocenters. The number of methoxy groups -OCH3 is 1. The third-order valence-electron chi connectivity index (χ3n) is 4.86. The maximum atomic E-state index is 13.0. The fourth-order valence-electron chi connectivity index (χ4n) is 3.29. The molecule has 0 fully saturated rings. The van der Waals surface area contributed by atoms with Gasteiger partial charge in [0.1, 0.15) is 12.3 Å². The maximum Gasteiger partial charge on any atom is 0.420 e. The Balaban J connectivity index is 1.88. The van der Waals surface area contributed by atoms with Gasteiger partial charge in [-0.1, -0.05) is 12.1 Å². The Morgan fingerprint density at radius 1 is 1.31 bits per heavy atom. The fourth-order valence-corrected chi connectivity index (χ4v) is 3.29. The monoisotopic (exact) mass is 399 g/mol. The molecule has 0 saturated carbocycles. The lowest BCUT2D eigenvalue weighted by molar-refractivity contribution is -0.384. The number of likely N-dealkylation sites (N-methyl/N-ethyl adjacent to an activating group) is 1. The van der Waals surface area contributed by atoms with E-state index in [1.165, 1.54) is 22.8 Å². The molecule has 0 aliphatic rings. The first-order valence-electron chi connectivity index (χ1n) is 9.07. The Hall–Kier alpha value is -3.62. The Bertz CT molecular complexity index is 1120. The summed E-state index contributed by atoms with van der Waals surface area (Å²) < 4.78 is 11.5. The number of hydrogen-bond acceptors (Lipinski definition) is 6. The fraction of sp³-hybridized carbons (Fsp3) is 0.300. The maximum absolute atomic E-state index is 13.0. The third kappa shape index (κ3) is 3.98. The van der Waals surface area contributed by atoms with Crippen LogP contribution in [0.15, 0.2) is 51.7 Å². The molecule has 1 aromatic heterocycles. The number of fused-ring (bicyclic) bond motifs is 1. The Kier molecular flexibility index (Phi) is 5.67. The third-order valence-corrected chi connectivity index (χ3v) is 4.86. The van der Waals surface area contributed by atoms with E-state index in [-0.39, 0.29) is 29.8 Å². The van der Waals surface area contributed by atoms with E-state index in [0.717, 1.165) is 5.56 Å². The van der Waals surface area contributed by atoms with Crippen LogP contribution in [0.3, 0.4) is 0 Å². The average molecular weight is 399 g/mol. The van der Waals surface area contributed by atoms with Crippen LogP contribution >= 0.6 is 0 Å². The van der Waals surface area contributed by atoms with Crippen LogP contribution in [0.5, 0.6) is 5.75 Å². The zero-order valence-electron chi connectivity index (χ0n) is 16.3. The van der Waals surface area contributed by atoms with E-state index in [0.29, 0.717) is 17.8 Å². The van der Waals surface area contributed by atoms with Crippen molar-refractivity contribution >= 4 is 22.7 Å². The van der Waals surface area contributed by atoms with E-state index in [1.807, 2.05) is 38.1 Å². The molecule has 0 aliphatic carbocycles. The molecule has 0 aliphatic heterocycles. The molecule has 29 heavy (non-hydrogen) atoms. The van der Waals surface area contributed by atoms with E-state index < -0.39 is 10.7 Å². The molecular weight excluding hydrogens is 378 g/mol. The smallest absolute Gasteiger partial charge is 0.420 e. The zero-order chi connectivity index (χ0) is 21.1. The molecule has 0 spiro atoms. The first-order valence-corrected chi connectivity index (χ1v) is 9.07. The first kappa shape index (κ1) is 20.1. The molecule has 9 heteroatoms. The molecule has 1 atom stereocenters. The number of oxazole rings is 1. The van der Waals surface area contributed by atoms with Crippen molar-refractivity contribution in [2.45, 2.75) is 26.4 Å². The van der Waals surface area contributed by atoms with Crippen LogP contribution in [0.25, 0.3) is 11.1 Å². The molecule has 0 saturated heterocycles. The lowest BCUT2D eigenvalue weighted by atomic mass is 10.1. The van der Waals surface area contributed by atoms with Gasteiger partial charge in [0.05, 0.1) is 29.7 Å². The summed E-state index contributed by atoms with van der Waals surface area (Å²) in [6, 6.07) is 11.1. The van der Waals surface area contributed by atoms with Crippen LogP contribution in [-0.2, 0) is 11.3 Å². The minimum atomic E-state index is -0.737. The minimum absolute atomic E-state index is 0.0703. The number of hydrogen-bond donors (Lipinski definition) is 0. The van der Waals surface area contributed by atoms with Crippen LogP contribution in [-0.4, -0.2) is 34.0 Å². The molecule has 0 radical (unpaired) electrons. The first-order chi connectivity index (χ1) is 13.8. The molecule has 9 nitrogen and oxygen atoms in total. The lowest BCUT2D eigenvalue weighted by Gasteiger charge is -2.28. The van der Waals surface area contributed by atoms with Crippen molar-refractivity contribution in [2.75, 3.05) is 13.7 Å². The summed E-state index contributed by atoms with van der Waals surface area (Å²) in [4.78, 5) is 37.2. The number of nitrogens with zero attached hydrogens (tertiary/aromatic N) is 3. The highest BCUT2D eigenvalue weighted by Crippen LogP contribution is 2.25. The quantitative estimate of drug-likeness (QED) is 0.446. The topological polar surface area (TPSA) is 108 Å². The summed E-state index contributed by atoms with van der Waals surface area (Å²) in [5.41, 5.74) is 1.12. The van der Waals surface area contributed by atoms with Gasteiger partial charge in [-0.15, -0.1) is 0 Å². The summed E-state index contributed by atoms with van der Waals surface area (Å²) >= 11 is 0. The van der Waals surface area contributed by atoms with Gasteiger partial charge in [0.2, 0.25) is 5.91 Å². The van der Waals surface area contributed by atoms with Crippen molar-refractivity contribution in [2.24, 2.45) is 0 Å². The SMILES string of the molecule is CCN(C(=O)Cn1c(=O)oc2cc([N+](=O)[O-])ccc21)C(C)c1cccc(OC)c1. The second-order valence-corrected chi connectivity index (χ2v) is 6.50. The van der Waals surface area contributed by atoms with Crippen molar-refractivity contribution in [1.82, 2.24) is 9.47 Å². The molecule has 1 amide bonds. The predicted molar refractivity (Wildman–Crippen MR) is 106 cm³/mol. The molecule has 3 aromatic rings. The standard InChI is InChI=1S/C20H21N3O6/c1-4-21(13(2)14-6-5-7-16(10-14)28-3)19(24)12-22-17-9-8-15(23(26)27)11-18(17)29-20(22)25/h5-11,13H,4,12H2,1-3H3. The van der Waals surface area contributed by atoms with Gasteiger partial charge in [-0.25, -0.2) is 4.79 Å². The number of ether oxygens (including phenoxy) is 1. The predicted octanol–water partition coefficient (Wildman–Crippen LogP) is 3.12.